The van der Waals surface area contributed by atoms with Crippen LogP contribution in [0.15, 0.2) is 42.6 Å². The number of alkyl halides is 2. The summed E-state index contributed by atoms with van der Waals surface area (Å²) in [6.07, 6.45) is 3.53. The van der Waals surface area contributed by atoms with E-state index in [1.54, 1.807) is 10.8 Å². The molecular weight excluding hydrogens is 458 g/mol. The molecule has 0 unspecified atom stereocenters. The molecule has 0 bridgehead atoms. The normalized spacial score (nSPS) is 14.4. The van der Waals surface area contributed by atoms with Crippen LogP contribution >= 0.6 is 0 Å². The molecule has 188 valence electrons. The summed E-state index contributed by atoms with van der Waals surface area (Å²) in [7, 11) is 0. The first kappa shape index (κ1) is 25.7. The summed E-state index contributed by atoms with van der Waals surface area (Å²) in [5, 5.41) is 13.4. The molecule has 3 aromatic rings. The minimum Gasteiger partial charge on any atom is -0.381 e. The number of benzene rings is 1. The van der Waals surface area contributed by atoms with E-state index >= 15 is 0 Å². The van der Waals surface area contributed by atoms with Crippen LogP contribution in [0.4, 0.5) is 14.5 Å². The van der Waals surface area contributed by atoms with Crippen molar-refractivity contribution in [3.63, 3.8) is 0 Å². The fraction of sp³-hybridized carbons (Fsp3) is 0.448. The predicted molar refractivity (Wildman–Crippen MR) is 138 cm³/mol. The minimum absolute atomic E-state index is 0.342. The maximum atomic E-state index is 13.3. The van der Waals surface area contributed by atoms with Crippen LogP contribution in [-0.2, 0) is 23.1 Å². The molecular formula is C29H32F2N4O. The molecule has 1 saturated heterocycles. The summed E-state index contributed by atoms with van der Waals surface area (Å²) in [6.45, 7) is 5.29. The van der Waals surface area contributed by atoms with Crippen LogP contribution in [0.3, 0.4) is 0 Å². The Kier molecular flexibility index (Phi) is 8.23. The number of aromatic nitrogens is 2. The number of ether oxygens (including phenoxy) is 1. The Morgan fingerprint density at radius 2 is 2.00 bits per heavy atom. The number of nitrogens with zero attached hydrogens (tertiary/aromatic N) is 3. The molecule has 0 spiro atoms. The fourth-order valence-corrected chi connectivity index (χ4v) is 4.53. The van der Waals surface area contributed by atoms with Crippen LogP contribution in [0.25, 0.3) is 10.9 Å². The van der Waals surface area contributed by atoms with Gasteiger partial charge in [0, 0.05) is 24.1 Å². The van der Waals surface area contributed by atoms with Gasteiger partial charge in [0.1, 0.15) is 0 Å². The van der Waals surface area contributed by atoms with Gasteiger partial charge in [-0.25, -0.2) is 8.78 Å². The maximum Gasteiger partial charge on any atom is 0.256 e. The van der Waals surface area contributed by atoms with Gasteiger partial charge in [0.05, 0.1) is 47.8 Å². The molecule has 4 rings (SSSR count). The van der Waals surface area contributed by atoms with Gasteiger partial charge in [-0.1, -0.05) is 12.0 Å². The summed E-state index contributed by atoms with van der Waals surface area (Å²) in [6, 6.07) is 13.9. The third-order valence-corrected chi connectivity index (χ3v) is 6.75. The van der Waals surface area contributed by atoms with Gasteiger partial charge >= 0.3 is 0 Å². The van der Waals surface area contributed by atoms with E-state index in [-0.39, 0.29) is 6.54 Å². The fourth-order valence-electron chi connectivity index (χ4n) is 4.53. The zero-order valence-corrected chi connectivity index (χ0v) is 20.9. The first-order valence-electron chi connectivity index (χ1n) is 12.4. The van der Waals surface area contributed by atoms with E-state index < -0.39 is 11.8 Å². The third kappa shape index (κ3) is 6.42. The lowest BCUT2D eigenvalue weighted by atomic mass is 9.91. The molecule has 1 aromatic carbocycles. The average molecular weight is 491 g/mol. The first-order chi connectivity index (χ1) is 17.4. The third-order valence-electron chi connectivity index (χ3n) is 6.75. The SMILES string of the molecule is CC(C)(C#N)c1ccc(NCC#Cc2cc3cc(CCC4CCOCC4)ccc3n2CC(F)F)cn1. The Hall–Kier alpha value is -3.42. The van der Waals surface area contributed by atoms with Crippen molar-refractivity contribution in [3.05, 3.63) is 59.5 Å². The summed E-state index contributed by atoms with van der Waals surface area (Å²) >= 11 is 0. The van der Waals surface area contributed by atoms with E-state index in [0.717, 1.165) is 55.5 Å². The van der Waals surface area contributed by atoms with Gasteiger partial charge in [-0.15, -0.1) is 0 Å². The molecule has 0 amide bonds. The Morgan fingerprint density at radius 1 is 1.19 bits per heavy atom. The van der Waals surface area contributed by atoms with Crippen LogP contribution in [-0.4, -0.2) is 35.7 Å². The van der Waals surface area contributed by atoms with Crippen molar-refractivity contribution in [1.82, 2.24) is 9.55 Å². The second-order valence-electron chi connectivity index (χ2n) is 9.84. The highest BCUT2D eigenvalue weighted by Gasteiger charge is 2.21. The van der Waals surface area contributed by atoms with Crippen molar-refractivity contribution in [2.24, 2.45) is 5.92 Å². The van der Waals surface area contributed by atoms with Crippen molar-refractivity contribution < 1.29 is 13.5 Å². The van der Waals surface area contributed by atoms with Gasteiger partial charge in [0.25, 0.3) is 6.43 Å². The Labute approximate surface area is 211 Å². The smallest absolute Gasteiger partial charge is 0.256 e. The molecule has 0 atom stereocenters. The number of nitriles is 1. The minimum atomic E-state index is -2.46. The van der Waals surface area contributed by atoms with Gasteiger partial charge in [-0.2, -0.15) is 5.26 Å². The zero-order chi connectivity index (χ0) is 25.5. The molecule has 1 aliphatic heterocycles. The summed E-state index contributed by atoms with van der Waals surface area (Å²) in [5.74, 6) is 6.80. The zero-order valence-electron chi connectivity index (χ0n) is 20.9. The number of nitrogens with one attached hydrogen (secondary N) is 1. The van der Waals surface area contributed by atoms with E-state index in [1.165, 1.54) is 5.56 Å². The van der Waals surface area contributed by atoms with Gasteiger partial charge in [-0.05, 0) is 87.3 Å². The molecule has 0 aliphatic carbocycles. The van der Waals surface area contributed by atoms with Crippen LogP contribution < -0.4 is 5.32 Å². The Bertz CT molecular complexity index is 1270. The second-order valence-corrected chi connectivity index (χ2v) is 9.84. The highest BCUT2D eigenvalue weighted by atomic mass is 19.3. The molecule has 1 fully saturated rings. The number of hydrogen-bond donors (Lipinski definition) is 1. The van der Waals surface area contributed by atoms with Crippen molar-refractivity contribution in [2.45, 2.75) is 57.9 Å². The van der Waals surface area contributed by atoms with Crippen molar-refractivity contribution in [1.29, 1.82) is 5.26 Å². The van der Waals surface area contributed by atoms with Crippen molar-refractivity contribution in [2.75, 3.05) is 25.1 Å². The lowest BCUT2D eigenvalue weighted by Crippen LogP contribution is -2.16. The Morgan fingerprint density at radius 3 is 2.69 bits per heavy atom. The van der Waals surface area contributed by atoms with E-state index in [9.17, 15) is 14.0 Å². The topological polar surface area (TPSA) is 62.9 Å². The molecule has 7 heteroatoms. The molecule has 1 N–H and O–H groups in total. The number of aryl methyl sites for hydroxylation is 1. The van der Waals surface area contributed by atoms with E-state index in [4.69, 9.17) is 4.74 Å². The van der Waals surface area contributed by atoms with Crippen molar-refractivity contribution in [3.8, 4) is 17.9 Å². The van der Waals surface area contributed by atoms with Crippen molar-refractivity contribution >= 4 is 16.6 Å². The van der Waals surface area contributed by atoms with E-state index in [0.29, 0.717) is 23.9 Å². The largest absolute Gasteiger partial charge is 0.381 e. The molecule has 1 aliphatic rings. The number of rotatable bonds is 8. The van der Waals surface area contributed by atoms with E-state index in [2.05, 4.69) is 34.3 Å². The summed E-state index contributed by atoms with van der Waals surface area (Å²) in [4.78, 5) is 4.36. The number of fused-ring (bicyclic) bond motifs is 1. The lowest BCUT2D eigenvalue weighted by molar-refractivity contribution is 0.0640. The second kappa shape index (κ2) is 11.5. The molecule has 0 saturated carbocycles. The average Bonchev–Trinajstić information content (AvgIpc) is 3.22. The summed E-state index contributed by atoms with van der Waals surface area (Å²) < 4.78 is 33.7. The molecule has 3 heterocycles. The standard InChI is InChI=1S/C29H32F2N4O/c1-29(2,20-32)27-10-8-24(18-34-27)33-13-3-4-25-17-23-16-22(6-5-21-11-14-36-15-12-21)7-9-26(23)35(25)19-28(30)31/h7-10,16-18,21,28,33H,5-6,11-15,19H2,1-2H3. The van der Waals surface area contributed by atoms with Crippen LogP contribution in [0.2, 0.25) is 0 Å². The molecule has 0 radical (unpaired) electrons. The van der Waals surface area contributed by atoms with Gasteiger partial charge in [0.15, 0.2) is 0 Å². The van der Waals surface area contributed by atoms with Crippen LogP contribution in [0, 0.1) is 29.1 Å². The number of anilines is 1. The molecule has 5 nitrogen and oxygen atoms in total. The summed E-state index contributed by atoms with van der Waals surface area (Å²) in [5.41, 5.74) is 3.41. The quantitative estimate of drug-likeness (QED) is 0.398. The monoisotopic (exact) mass is 490 g/mol. The molecule has 2 aromatic heterocycles. The van der Waals surface area contributed by atoms with Gasteiger partial charge < -0.3 is 14.6 Å². The number of pyridine rings is 1. The molecule has 36 heavy (non-hydrogen) atoms. The number of hydrogen-bond acceptors (Lipinski definition) is 4. The van der Waals surface area contributed by atoms with Gasteiger partial charge in [0.2, 0.25) is 0 Å². The van der Waals surface area contributed by atoms with E-state index in [1.807, 2.05) is 44.2 Å². The highest BCUT2D eigenvalue weighted by molar-refractivity contribution is 5.83. The van der Waals surface area contributed by atoms with Gasteiger partial charge in [-0.3, -0.25) is 4.98 Å². The Balaban J connectivity index is 1.45. The van der Waals surface area contributed by atoms with Crippen LogP contribution in [0.1, 0.15) is 50.1 Å². The van der Waals surface area contributed by atoms with Crippen LogP contribution in [0.5, 0.6) is 0 Å². The predicted octanol–water partition coefficient (Wildman–Crippen LogP) is 5.93. The first-order valence-corrected chi connectivity index (χ1v) is 12.4. The highest BCUT2D eigenvalue weighted by Crippen LogP contribution is 2.26. The lowest BCUT2D eigenvalue weighted by Gasteiger charge is -2.21. The maximum absolute atomic E-state index is 13.3. The number of halogens is 2.